The molecule has 0 unspecified atom stereocenters. The number of benzene rings is 8. The molecule has 4 aliphatic rings. The Labute approximate surface area is 506 Å². The normalized spacial score (nSPS) is 17.7. The molecule has 7 heteroatoms. The Bertz CT molecular complexity index is 4270. The number of hydrogen-bond donors (Lipinski definition) is 0. The summed E-state index contributed by atoms with van der Waals surface area (Å²) in [4.78, 5) is 7.96. The van der Waals surface area contributed by atoms with E-state index in [1.165, 1.54) is 99.2 Å². The van der Waals surface area contributed by atoms with Gasteiger partial charge >= 0.3 is 343 Å². The van der Waals surface area contributed by atoms with Gasteiger partial charge in [-0.1, -0.05) is 87.4 Å². The van der Waals surface area contributed by atoms with E-state index in [0.717, 1.165) is 64.0 Å². The van der Waals surface area contributed by atoms with E-state index in [-0.39, 0.29) is 39.2 Å². The summed E-state index contributed by atoms with van der Waals surface area (Å²) >= 11 is 2.05. The number of rotatable bonds is 6. The quantitative estimate of drug-likeness (QED) is 0.155. The molecule has 0 saturated heterocycles. The van der Waals surface area contributed by atoms with Crippen LogP contribution in [0.3, 0.4) is 0 Å². The van der Waals surface area contributed by atoms with Gasteiger partial charge in [-0.2, -0.15) is 0 Å². The molecule has 4 nitrogen and oxygen atoms in total. The maximum absolute atomic E-state index is 6.88. The SMILES string of the molecule is CC(C)(C)c1ccc(N(c2ccc(C(C)(C)C)cc2)c2cc3c4c(c2)N(c2cccc5oc6ccccc6c25)c2c(sc5cc6c(cc25)C(C)(C)CCC6(C)C)B4c2cc4c(cc2N3c2ccc([SiH-](C)(C)C)cc2)C(C)(C)CCC4(C)C)cc1. The van der Waals surface area contributed by atoms with Crippen molar-refractivity contribution in [3.63, 3.8) is 0 Å². The summed E-state index contributed by atoms with van der Waals surface area (Å²) in [5, 5.41) is 5.09. The van der Waals surface area contributed by atoms with E-state index in [4.69, 9.17) is 4.42 Å². The van der Waals surface area contributed by atoms with Crippen LogP contribution in [-0.4, -0.2) is 14.8 Å². The van der Waals surface area contributed by atoms with Gasteiger partial charge in [-0.3, -0.25) is 0 Å². The number of thiophene rings is 1. The van der Waals surface area contributed by atoms with Crippen molar-refractivity contribution in [2.75, 3.05) is 14.7 Å². The second-order valence-corrected chi connectivity index (χ2v) is 38.5. The van der Waals surface area contributed by atoms with Gasteiger partial charge in [0.05, 0.1) is 0 Å². The predicted octanol–water partition coefficient (Wildman–Crippen LogP) is 19.9. The molecule has 428 valence electrons. The zero-order chi connectivity index (χ0) is 59.2. The van der Waals surface area contributed by atoms with Crippen LogP contribution in [0.5, 0.6) is 0 Å². The van der Waals surface area contributed by atoms with Crippen LogP contribution in [0.2, 0.25) is 19.6 Å². The average molecular weight is 1140 g/mol. The minimum atomic E-state index is -1.99. The Balaban J connectivity index is 1.17. The van der Waals surface area contributed by atoms with Crippen LogP contribution in [0.15, 0.2) is 156 Å². The Morgan fingerprint density at radius 1 is 0.488 bits per heavy atom. The molecular weight excluding hydrogens is 1050 g/mol. The predicted molar refractivity (Wildman–Crippen MR) is 370 cm³/mol. The fraction of sp³-hybridized carbons (Fsp3) is 0.351. The van der Waals surface area contributed by atoms with Gasteiger partial charge < -0.3 is 4.42 Å². The molecular formula is C77H85BN3OSSi-. The van der Waals surface area contributed by atoms with E-state index in [1.54, 1.807) is 0 Å². The topological polar surface area (TPSA) is 22.9 Å². The Morgan fingerprint density at radius 3 is 1.56 bits per heavy atom. The van der Waals surface area contributed by atoms with E-state index in [0.29, 0.717) is 0 Å². The molecule has 0 radical (unpaired) electrons. The van der Waals surface area contributed by atoms with Crippen LogP contribution in [0.4, 0.5) is 51.2 Å². The van der Waals surface area contributed by atoms with Crippen molar-refractivity contribution in [2.24, 2.45) is 0 Å². The molecule has 8 aromatic carbocycles. The molecule has 0 spiro atoms. The van der Waals surface area contributed by atoms with Gasteiger partial charge in [0.1, 0.15) is 5.58 Å². The van der Waals surface area contributed by atoms with Crippen LogP contribution in [0.1, 0.15) is 156 Å². The molecule has 0 N–H and O–H groups in total. The van der Waals surface area contributed by atoms with E-state index in [2.05, 4.69) is 283 Å². The van der Waals surface area contributed by atoms with Gasteiger partial charge in [0.15, 0.2) is 0 Å². The first-order chi connectivity index (χ1) is 39.5. The van der Waals surface area contributed by atoms with Crippen molar-refractivity contribution >= 4 is 130 Å². The van der Waals surface area contributed by atoms with Gasteiger partial charge in [0.25, 0.3) is 0 Å². The molecule has 2 aliphatic heterocycles. The summed E-state index contributed by atoms with van der Waals surface area (Å²) in [6.45, 7) is 41.3. The number of para-hydroxylation sites is 1. The number of hydrogen-bond acceptors (Lipinski definition) is 5. The Kier molecular flexibility index (Phi) is 12.0. The number of furan rings is 1. The van der Waals surface area contributed by atoms with Gasteiger partial charge in [0, 0.05) is 0 Å². The molecule has 0 bridgehead atoms. The third-order valence-corrected chi connectivity index (χ3v) is 24.2. The first-order valence-electron chi connectivity index (χ1n) is 31.4. The summed E-state index contributed by atoms with van der Waals surface area (Å²) in [6.07, 6.45) is 4.61. The van der Waals surface area contributed by atoms with E-state index in [1.807, 2.05) is 11.3 Å². The van der Waals surface area contributed by atoms with Crippen molar-refractivity contribution in [1.82, 2.24) is 0 Å². The molecule has 0 fully saturated rings. The minimum absolute atomic E-state index is 0.00106. The van der Waals surface area contributed by atoms with E-state index < -0.39 is 8.07 Å². The van der Waals surface area contributed by atoms with Crippen molar-refractivity contribution < 1.29 is 4.42 Å². The van der Waals surface area contributed by atoms with Crippen LogP contribution in [0, 0.1) is 0 Å². The van der Waals surface area contributed by atoms with Crippen molar-refractivity contribution in [3.05, 3.63) is 185 Å². The first-order valence-corrected chi connectivity index (χ1v) is 36.2. The molecule has 2 aromatic heterocycles. The number of fused-ring (bicyclic) bond motifs is 11. The zero-order valence-electron chi connectivity index (χ0n) is 53.1. The molecule has 0 atom stereocenters. The van der Waals surface area contributed by atoms with Crippen LogP contribution in [-0.2, 0) is 32.5 Å². The summed E-state index contributed by atoms with van der Waals surface area (Å²) in [5.74, 6) is 0. The van der Waals surface area contributed by atoms with Crippen LogP contribution < -0.4 is 35.6 Å². The van der Waals surface area contributed by atoms with Crippen molar-refractivity contribution in [1.29, 1.82) is 0 Å². The second kappa shape index (κ2) is 18.4. The number of nitrogens with zero attached hydrogens (tertiary/aromatic N) is 3. The Hall–Kier alpha value is -6.80. The number of anilines is 9. The molecule has 0 saturated carbocycles. The van der Waals surface area contributed by atoms with Crippen molar-refractivity contribution in [2.45, 2.75) is 175 Å². The molecule has 10 aromatic rings. The van der Waals surface area contributed by atoms with Gasteiger partial charge in [-0.05, 0) is 68.9 Å². The third-order valence-electron chi connectivity index (χ3n) is 20.6. The monoisotopic (exact) mass is 1140 g/mol. The summed E-state index contributed by atoms with van der Waals surface area (Å²) in [6, 6.07) is 59.9. The van der Waals surface area contributed by atoms with Crippen LogP contribution >= 0.6 is 11.3 Å². The maximum atomic E-state index is 6.88. The molecule has 84 heavy (non-hydrogen) atoms. The summed E-state index contributed by atoms with van der Waals surface area (Å²) < 4.78 is 9.65. The summed E-state index contributed by atoms with van der Waals surface area (Å²) in [5.41, 5.74) is 23.9. The first kappa shape index (κ1) is 55.1. The van der Waals surface area contributed by atoms with Crippen molar-refractivity contribution in [3.8, 4) is 0 Å². The fourth-order valence-electron chi connectivity index (χ4n) is 15.1. The van der Waals surface area contributed by atoms with Gasteiger partial charge in [0.2, 0.25) is 0 Å². The molecule has 2 aliphatic carbocycles. The average Bonchev–Trinajstić information content (AvgIpc) is 1.26. The Morgan fingerprint density at radius 2 is 1.00 bits per heavy atom. The van der Waals surface area contributed by atoms with Gasteiger partial charge in [-0.15, -0.1) is 0 Å². The molecule has 14 rings (SSSR count). The fourth-order valence-corrected chi connectivity index (χ4v) is 17.7. The van der Waals surface area contributed by atoms with Gasteiger partial charge in [-0.25, -0.2) is 0 Å². The zero-order valence-corrected chi connectivity index (χ0v) is 55.0. The van der Waals surface area contributed by atoms with E-state index >= 15 is 0 Å². The molecule has 4 heterocycles. The second-order valence-electron chi connectivity index (χ2n) is 31.6. The molecule has 0 amide bonds. The van der Waals surface area contributed by atoms with Crippen LogP contribution in [0.25, 0.3) is 32.0 Å². The third kappa shape index (κ3) is 8.54. The standard InChI is InChI=1S/C77H85BN3OSSi/c1-72(2,3)47-25-29-49(30-26-47)79(50-31-27-48(28-32-50)73(4,5)6)52-41-63-69-64(42-52)81(61-22-20-24-66-68(61)54-21-18-19-23-65(54)82-66)70-55-43-56-59(77(13,14)40-37-74(56,7)8)46-67(55)83-71(70)78(69)60-44-57-58(76(11,12)39-38-75(57,9)10)45-62(60)80(63)51-33-35-53(36-34-51)84(15,16)17/h18-36,41-46,84H,37-40H2,1-17H3/q-1. The summed E-state index contributed by atoms with van der Waals surface area (Å²) in [7, 11) is -1.99. The van der Waals surface area contributed by atoms with E-state index in [9.17, 15) is 0 Å².